The summed E-state index contributed by atoms with van der Waals surface area (Å²) in [4.78, 5) is 0.0456. The van der Waals surface area contributed by atoms with Gasteiger partial charge in [0.25, 0.3) is 10.1 Å². The van der Waals surface area contributed by atoms with Crippen molar-refractivity contribution in [3.05, 3.63) is 41.5 Å². The molecule has 0 fully saturated rings. The minimum atomic E-state index is -4.25. The Labute approximate surface area is 235 Å². The van der Waals surface area contributed by atoms with Gasteiger partial charge in [-0.05, 0) is 54.3 Å². The lowest BCUT2D eigenvalue weighted by atomic mass is 9.96. The molecule has 0 aromatic heterocycles. The fourth-order valence-corrected chi connectivity index (χ4v) is 6.34. The van der Waals surface area contributed by atoms with Crippen LogP contribution in [0.25, 0.3) is 10.8 Å². The molecule has 3 nitrogen and oxygen atoms in total. The van der Waals surface area contributed by atoms with Gasteiger partial charge in [0, 0.05) is 5.39 Å². The molecule has 0 saturated heterocycles. The number of hydrogen-bond donors (Lipinski definition) is 1. The highest BCUT2D eigenvalue weighted by Crippen LogP contribution is 2.29. The zero-order valence-electron chi connectivity index (χ0n) is 24.6. The van der Waals surface area contributed by atoms with Gasteiger partial charge in [-0.25, -0.2) is 0 Å². The Kier molecular flexibility index (Phi) is 17.0. The van der Waals surface area contributed by atoms with Crippen molar-refractivity contribution >= 4 is 20.9 Å². The van der Waals surface area contributed by atoms with Crippen LogP contribution >= 0.6 is 0 Å². The standard InChI is InChI=1S/C34H56O3S/c1-3-5-7-9-11-13-15-17-19-21-23-30-25-27-32-31(26-28-34(33(32)29-30)38(35,36)37)24-22-20-18-16-14-12-10-8-6-4-2/h25-29H,3-24H2,1-2H3,(H,35,36,37). The molecule has 0 aliphatic heterocycles. The van der Waals surface area contributed by atoms with Crippen molar-refractivity contribution in [2.24, 2.45) is 0 Å². The van der Waals surface area contributed by atoms with E-state index in [1.165, 1.54) is 121 Å². The van der Waals surface area contributed by atoms with Crippen molar-refractivity contribution in [1.82, 2.24) is 0 Å². The van der Waals surface area contributed by atoms with E-state index < -0.39 is 10.1 Å². The fraction of sp³-hybridized carbons (Fsp3) is 0.706. The molecule has 0 radical (unpaired) electrons. The van der Waals surface area contributed by atoms with E-state index in [0.29, 0.717) is 5.39 Å². The SMILES string of the molecule is CCCCCCCCCCCCc1ccc2c(CCCCCCCCCCCC)ccc(S(=O)(=O)O)c2c1. The number of benzene rings is 2. The van der Waals surface area contributed by atoms with E-state index in [-0.39, 0.29) is 4.90 Å². The van der Waals surface area contributed by atoms with Crippen molar-refractivity contribution in [3.8, 4) is 0 Å². The minimum absolute atomic E-state index is 0.0456. The van der Waals surface area contributed by atoms with Crippen molar-refractivity contribution in [2.75, 3.05) is 0 Å². The largest absolute Gasteiger partial charge is 0.295 e. The monoisotopic (exact) mass is 544 g/mol. The molecule has 0 unspecified atom stereocenters. The van der Waals surface area contributed by atoms with Crippen LogP contribution < -0.4 is 0 Å². The van der Waals surface area contributed by atoms with Crippen molar-refractivity contribution < 1.29 is 13.0 Å². The molecule has 0 bridgehead atoms. The third-order valence-electron chi connectivity index (χ3n) is 8.03. The molecular formula is C34H56O3S. The average Bonchev–Trinajstić information content (AvgIpc) is 2.90. The first-order valence-electron chi connectivity index (χ1n) is 16.0. The number of rotatable bonds is 23. The lowest BCUT2D eigenvalue weighted by Gasteiger charge is -2.12. The van der Waals surface area contributed by atoms with Gasteiger partial charge in [0.15, 0.2) is 0 Å². The number of fused-ring (bicyclic) bond motifs is 1. The normalized spacial score (nSPS) is 12.0. The summed E-state index contributed by atoms with van der Waals surface area (Å²) in [5.74, 6) is 0. The maximum Gasteiger partial charge on any atom is 0.295 e. The average molecular weight is 545 g/mol. The zero-order chi connectivity index (χ0) is 27.5. The van der Waals surface area contributed by atoms with Crippen LogP contribution in [0.4, 0.5) is 0 Å². The molecule has 0 heterocycles. The molecule has 2 aromatic carbocycles. The summed E-state index contributed by atoms with van der Waals surface area (Å²) in [6, 6.07) is 9.76. The predicted octanol–water partition coefficient (Wildman–Crippen LogP) is 11.0. The molecule has 2 rings (SSSR count). The Morgan fingerprint density at radius 3 is 1.45 bits per heavy atom. The Morgan fingerprint density at radius 1 is 0.526 bits per heavy atom. The van der Waals surface area contributed by atoms with Crippen LogP contribution in [0.2, 0.25) is 0 Å². The predicted molar refractivity (Wildman–Crippen MR) is 165 cm³/mol. The van der Waals surface area contributed by atoms with Gasteiger partial charge in [-0.2, -0.15) is 8.42 Å². The van der Waals surface area contributed by atoms with E-state index in [0.717, 1.165) is 36.6 Å². The van der Waals surface area contributed by atoms with E-state index in [2.05, 4.69) is 26.0 Å². The second-order valence-electron chi connectivity index (χ2n) is 11.4. The second-order valence-corrected chi connectivity index (χ2v) is 12.8. The van der Waals surface area contributed by atoms with Crippen LogP contribution in [-0.2, 0) is 23.0 Å². The molecule has 0 aliphatic rings. The summed E-state index contributed by atoms with van der Waals surface area (Å²) < 4.78 is 34.1. The van der Waals surface area contributed by atoms with Gasteiger partial charge in [-0.3, -0.25) is 4.55 Å². The van der Waals surface area contributed by atoms with Gasteiger partial charge in [-0.15, -0.1) is 0 Å². The molecule has 216 valence electrons. The fourth-order valence-electron chi connectivity index (χ4n) is 5.65. The zero-order valence-corrected chi connectivity index (χ0v) is 25.4. The van der Waals surface area contributed by atoms with Crippen LogP contribution in [0.3, 0.4) is 0 Å². The maximum absolute atomic E-state index is 12.1. The summed E-state index contributed by atoms with van der Waals surface area (Å²) in [6.07, 6.45) is 28.1. The topological polar surface area (TPSA) is 54.4 Å². The molecular weight excluding hydrogens is 488 g/mol. The number of aryl methyl sites for hydroxylation is 2. The summed E-state index contributed by atoms with van der Waals surface area (Å²) in [7, 11) is -4.25. The first-order valence-corrected chi connectivity index (χ1v) is 17.4. The van der Waals surface area contributed by atoms with Crippen molar-refractivity contribution in [2.45, 2.75) is 160 Å². The molecule has 0 saturated carbocycles. The van der Waals surface area contributed by atoms with Crippen molar-refractivity contribution in [1.29, 1.82) is 0 Å². The van der Waals surface area contributed by atoms with Crippen LogP contribution in [0.5, 0.6) is 0 Å². The highest BCUT2D eigenvalue weighted by Gasteiger charge is 2.16. The third-order valence-corrected chi connectivity index (χ3v) is 8.94. The molecule has 0 aliphatic carbocycles. The lowest BCUT2D eigenvalue weighted by molar-refractivity contribution is 0.484. The van der Waals surface area contributed by atoms with Crippen LogP contribution in [0, 0.1) is 0 Å². The lowest BCUT2D eigenvalue weighted by Crippen LogP contribution is -2.01. The van der Waals surface area contributed by atoms with Gasteiger partial charge < -0.3 is 0 Å². The number of hydrogen-bond acceptors (Lipinski definition) is 2. The molecule has 0 amide bonds. The van der Waals surface area contributed by atoms with Gasteiger partial charge >= 0.3 is 0 Å². The van der Waals surface area contributed by atoms with E-state index in [1.54, 1.807) is 6.07 Å². The Bertz CT molecular complexity index is 996. The van der Waals surface area contributed by atoms with E-state index in [4.69, 9.17) is 0 Å². The van der Waals surface area contributed by atoms with Crippen LogP contribution in [0.15, 0.2) is 35.2 Å². The minimum Gasteiger partial charge on any atom is -0.282 e. The maximum atomic E-state index is 12.1. The number of unbranched alkanes of at least 4 members (excludes halogenated alkanes) is 18. The Morgan fingerprint density at radius 2 is 0.974 bits per heavy atom. The summed E-state index contributed by atoms with van der Waals surface area (Å²) >= 11 is 0. The molecule has 38 heavy (non-hydrogen) atoms. The van der Waals surface area contributed by atoms with Gasteiger partial charge in [0.2, 0.25) is 0 Å². The molecule has 2 aromatic rings. The molecule has 0 spiro atoms. The summed E-state index contributed by atoms with van der Waals surface area (Å²) in [5, 5.41) is 1.66. The second kappa shape index (κ2) is 19.6. The third kappa shape index (κ3) is 13.1. The molecule has 4 heteroatoms. The van der Waals surface area contributed by atoms with Crippen LogP contribution in [0.1, 0.15) is 153 Å². The first kappa shape index (κ1) is 32.8. The van der Waals surface area contributed by atoms with Gasteiger partial charge in [0.1, 0.15) is 4.90 Å². The molecule has 0 atom stereocenters. The quantitative estimate of drug-likeness (QED) is 0.112. The highest BCUT2D eigenvalue weighted by molar-refractivity contribution is 7.86. The Balaban J connectivity index is 1.83. The van der Waals surface area contributed by atoms with Crippen molar-refractivity contribution in [3.63, 3.8) is 0 Å². The van der Waals surface area contributed by atoms with E-state index >= 15 is 0 Å². The molecule has 1 N–H and O–H groups in total. The first-order chi connectivity index (χ1) is 18.5. The summed E-state index contributed by atoms with van der Waals surface area (Å²) in [5.41, 5.74) is 2.36. The summed E-state index contributed by atoms with van der Waals surface area (Å²) in [6.45, 7) is 4.52. The highest BCUT2D eigenvalue weighted by atomic mass is 32.2. The van der Waals surface area contributed by atoms with Gasteiger partial charge in [0.05, 0.1) is 0 Å². The van der Waals surface area contributed by atoms with E-state index in [1.807, 2.05) is 12.1 Å². The van der Waals surface area contributed by atoms with E-state index in [9.17, 15) is 13.0 Å². The van der Waals surface area contributed by atoms with Crippen LogP contribution in [-0.4, -0.2) is 13.0 Å². The van der Waals surface area contributed by atoms with Gasteiger partial charge in [-0.1, -0.05) is 148 Å². The Hall–Kier alpha value is -1.39. The smallest absolute Gasteiger partial charge is 0.282 e.